The van der Waals surface area contributed by atoms with Crippen LogP contribution in [0.1, 0.15) is 16.8 Å². The lowest BCUT2D eigenvalue weighted by molar-refractivity contribution is -0.0112. The van der Waals surface area contributed by atoms with Gasteiger partial charge in [-0.2, -0.15) is 0 Å². The molecule has 0 aliphatic carbocycles. The van der Waals surface area contributed by atoms with E-state index in [0.717, 1.165) is 39.3 Å². The summed E-state index contributed by atoms with van der Waals surface area (Å²) in [6.45, 7) is 5.55. The van der Waals surface area contributed by atoms with Crippen molar-refractivity contribution < 1.29 is 23.4 Å². The second-order valence-corrected chi connectivity index (χ2v) is 6.33. The molecule has 25 heavy (non-hydrogen) atoms. The number of methoxy groups -OCH3 is 1. The fourth-order valence-corrected chi connectivity index (χ4v) is 3.30. The van der Waals surface area contributed by atoms with Crippen LogP contribution in [-0.2, 0) is 9.47 Å². The van der Waals surface area contributed by atoms with Crippen LogP contribution in [0.5, 0.6) is 5.75 Å². The van der Waals surface area contributed by atoms with Gasteiger partial charge in [0.1, 0.15) is 17.1 Å². The molecule has 2 heterocycles. The number of carbonyl (C=O) groups is 1. The smallest absolute Gasteiger partial charge is 0.260 e. The summed E-state index contributed by atoms with van der Waals surface area (Å²) in [5.41, 5.74) is -0.00276. The number of benzene rings is 1. The van der Waals surface area contributed by atoms with Crippen molar-refractivity contribution in [3.05, 3.63) is 29.6 Å². The van der Waals surface area contributed by atoms with E-state index in [1.54, 1.807) is 11.0 Å². The van der Waals surface area contributed by atoms with Crippen molar-refractivity contribution in [1.29, 1.82) is 0 Å². The molecule has 1 amide bonds. The first-order chi connectivity index (χ1) is 12.2. The lowest BCUT2D eigenvalue weighted by atomic mass is 10.1. The van der Waals surface area contributed by atoms with Gasteiger partial charge in [-0.1, -0.05) is 6.07 Å². The second-order valence-electron chi connectivity index (χ2n) is 6.33. The highest BCUT2D eigenvalue weighted by atomic mass is 19.1. The van der Waals surface area contributed by atoms with Gasteiger partial charge in [0.05, 0.1) is 26.4 Å². The molecule has 2 aliphatic heterocycles. The molecule has 0 N–H and O–H groups in total. The summed E-state index contributed by atoms with van der Waals surface area (Å²) in [6, 6.07) is 4.43. The predicted octanol–water partition coefficient (Wildman–Crippen LogP) is 1.40. The number of nitrogens with zero attached hydrogens (tertiary/aromatic N) is 2. The molecule has 0 bridgehead atoms. The second kappa shape index (κ2) is 8.60. The summed E-state index contributed by atoms with van der Waals surface area (Å²) in [7, 11) is 1.44. The quantitative estimate of drug-likeness (QED) is 0.820. The monoisotopic (exact) mass is 352 g/mol. The number of carbonyl (C=O) groups excluding carboxylic acids is 1. The molecule has 138 valence electrons. The molecule has 2 saturated heterocycles. The van der Waals surface area contributed by atoms with Crippen LogP contribution in [0.25, 0.3) is 0 Å². The molecule has 1 atom stereocenters. The standard InChI is InChI=1S/C18H25FN2O4/c1-23-16-5-2-4-15(19)17(16)18(22)21-6-3-9-25-14(13-21)12-20-7-10-24-11-8-20/h2,4-5,14H,3,6-13H2,1H3. The Hall–Kier alpha value is -1.70. The molecule has 7 heteroatoms. The van der Waals surface area contributed by atoms with Crippen LogP contribution in [0.3, 0.4) is 0 Å². The third-order valence-corrected chi connectivity index (χ3v) is 4.61. The number of halogens is 1. The SMILES string of the molecule is COc1cccc(F)c1C(=O)N1CCCOC(CN2CCOCC2)C1. The molecular weight excluding hydrogens is 327 g/mol. The highest BCUT2D eigenvalue weighted by molar-refractivity contribution is 5.97. The van der Waals surface area contributed by atoms with Crippen LogP contribution in [0.2, 0.25) is 0 Å². The van der Waals surface area contributed by atoms with Gasteiger partial charge in [-0.25, -0.2) is 4.39 Å². The van der Waals surface area contributed by atoms with Crippen molar-refractivity contribution in [3.8, 4) is 5.75 Å². The van der Waals surface area contributed by atoms with Crippen molar-refractivity contribution >= 4 is 5.91 Å². The number of rotatable bonds is 4. The van der Waals surface area contributed by atoms with Crippen LogP contribution < -0.4 is 4.74 Å². The summed E-state index contributed by atoms with van der Waals surface area (Å²) >= 11 is 0. The summed E-state index contributed by atoms with van der Waals surface area (Å²) < 4.78 is 30.7. The topological polar surface area (TPSA) is 51.2 Å². The molecule has 6 nitrogen and oxygen atoms in total. The van der Waals surface area contributed by atoms with Gasteiger partial charge in [-0.3, -0.25) is 9.69 Å². The van der Waals surface area contributed by atoms with Crippen molar-refractivity contribution in [2.45, 2.75) is 12.5 Å². The third kappa shape index (κ3) is 4.48. The number of hydrogen-bond donors (Lipinski definition) is 0. The van der Waals surface area contributed by atoms with E-state index in [9.17, 15) is 9.18 Å². The van der Waals surface area contributed by atoms with E-state index in [0.29, 0.717) is 19.7 Å². The first kappa shape index (κ1) is 18.1. The Labute approximate surface area is 147 Å². The van der Waals surface area contributed by atoms with Gasteiger partial charge in [0.25, 0.3) is 5.91 Å². The molecular formula is C18H25FN2O4. The number of amides is 1. The Morgan fingerprint density at radius 3 is 2.84 bits per heavy atom. The van der Waals surface area contributed by atoms with Gasteiger partial charge < -0.3 is 19.1 Å². The molecule has 0 spiro atoms. The van der Waals surface area contributed by atoms with Crippen LogP contribution in [-0.4, -0.2) is 81.5 Å². The average molecular weight is 352 g/mol. The number of hydrogen-bond acceptors (Lipinski definition) is 5. The molecule has 3 rings (SSSR count). The van der Waals surface area contributed by atoms with Gasteiger partial charge >= 0.3 is 0 Å². The van der Waals surface area contributed by atoms with E-state index < -0.39 is 5.82 Å². The van der Waals surface area contributed by atoms with E-state index in [1.165, 1.54) is 19.2 Å². The number of morpholine rings is 1. The van der Waals surface area contributed by atoms with Crippen LogP contribution in [0.4, 0.5) is 4.39 Å². The molecule has 1 unspecified atom stereocenters. The third-order valence-electron chi connectivity index (χ3n) is 4.61. The van der Waals surface area contributed by atoms with Crippen LogP contribution in [0, 0.1) is 5.82 Å². The van der Waals surface area contributed by atoms with Crippen molar-refractivity contribution in [3.63, 3.8) is 0 Å². The first-order valence-electron chi connectivity index (χ1n) is 8.72. The summed E-state index contributed by atoms with van der Waals surface area (Å²) in [6.07, 6.45) is 0.657. The highest BCUT2D eigenvalue weighted by Crippen LogP contribution is 2.24. The Bertz CT molecular complexity index is 592. The largest absolute Gasteiger partial charge is 0.496 e. The predicted molar refractivity (Wildman–Crippen MR) is 90.5 cm³/mol. The van der Waals surface area contributed by atoms with E-state index in [4.69, 9.17) is 14.2 Å². The van der Waals surface area contributed by atoms with Gasteiger partial charge in [-0.05, 0) is 18.6 Å². The van der Waals surface area contributed by atoms with Crippen molar-refractivity contribution in [1.82, 2.24) is 9.80 Å². The molecule has 0 saturated carbocycles. The summed E-state index contributed by atoms with van der Waals surface area (Å²) in [5, 5.41) is 0. The summed E-state index contributed by atoms with van der Waals surface area (Å²) in [5.74, 6) is -0.633. The Morgan fingerprint density at radius 1 is 1.28 bits per heavy atom. The van der Waals surface area contributed by atoms with Gasteiger partial charge in [0.15, 0.2) is 0 Å². The molecule has 1 aromatic carbocycles. The molecule has 2 aliphatic rings. The maximum atomic E-state index is 14.2. The minimum atomic E-state index is -0.556. The van der Waals surface area contributed by atoms with Crippen molar-refractivity contribution in [2.75, 3.05) is 59.7 Å². The first-order valence-corrected chi connectivity index (χ1v) is 8.72. The normalized spacial score (nSPS) is 22.5. The zero-order chi connectivity index (χ0) is 17.6. The van der Waals surface area contributed by atoms with Crippen molar-refractivity contribution in [2.24, 2.45) is 0 Å². The van der Waals surface area contributed by atoms with Gasteiger partial charge in [0, 0.05) is 39.3 Å². The molecule has 1 aromatic rings. The molecule has 2 fully saturated rings. The molecule has 0 radical (unpaired) electrons. The van der Waals surface area contributed by atoms with E-state index in [1.807, 2.05) is 0 Å². The fraction of sp³-hybridized carbons (Fsp3) is 0.611. The Kier molecular flexibility index (Phi) is 6.23. The lowest BCUT2D eigenvalue weighted by Gasteiger charge is -2.31. The van der Waals surface area contributed by atoms with E-state index >= 15 is 0 Å². The Morgan fingerprint density at radius 2 is 2.08 bits per heavy atom. The van der Waals surface area contributed by atoms with E-state index in [2.05, 4.69) is 4.90 Å². The zero-order valence-corrected chi connectivity index (χ0v) is 14.6. The van der Waals surface area contributed by atoms with Gasteiger partial charge in [-0.15, -0.1) is 0 Å². The van der Waals surface area contributed by atoms with Crippen LogP contribution in [0.15, 0.2) is 18.2 Å². The maximum absolute atomic E-state index is 14.2. The Balaban J connectivity index is 1.71. The minimum Gasteiger partial charge on any atom is -0.496 e. The van der Waals surface area contributed by atoms with Crippen LogP contribution >= 0.6 is 0 Å². The molecule has 0 aromatic heterocycles. The fourth-order valence-electron chi connectivity index (χ4n) is 3.30. The highest BCUT2D eigenvalue weighted by Gasteiger charge is 2.28. The lowest BCUT2D eigenvalue weighted by Crippen LogP contribution is -2.46. The number of ether oxygens (including phenoxy) is 3. The zero-order valence-electron chi connectivity index (χ0n) is 14.6. The van der Waals surface area contributed by atoms with Gasteiger partial charge in [0.2, 0.25) is 0 Å². The average Bonchev–Trinajstić information content (AvgIpc) is 2.87. The maximum Gasteiger partial charge on any atom is 0.260 e. The minimum absolute atomic E-state index is 0.00276. The summed E-state index contributed by atoms with van der Waals surface area (Å²) in [4.78, 5) is 16.9. The van der Waals surface area contributed by atoms with E-state index in [-0.39, 0.29) is 23.3 Å².